The van der Waals surface area contributed by atoms with Crippen LogP contribution in [-0.2, 0) is 4.74 Å². The molecule has 2 aliphatic heterocycles. The molecule has 2 fully saturated rings. The number of likely N-dealkylation sites (tertiary alicyclic amines) is 1. The van der Waals surface area contributed by atoms with Gasteiger partial charge in [0.05, 0.1) is 12.2 Å². The lowest BCUT2D eigenvalue weighted by Gasteiger charge is -2.31. The summed E-state index contributed by atoms with van der Waals surface area (Å²) in [6.07, 6.45) is 2.04. The third-order valence-corrected chi connectivity index (χ3v) is 3.67. The van der Waals surface area contributed by atoms with Crippen LogP contribution in [0, 0.1) is 0 Å². The predicted octanol–water partition coefficient (Wildman–Crippen LogP) is -0.000800. The van der Waals surface area contributed by atoms with E-state index < -0.39 is 0 Å². The molecular formula is C12H25N3O. The SMILES string of the molecule is C[C@@H]1CNC[C@@H](CN2CC[C@H](N(C)C)C2)O1. The van der Waals surface area contributed by atoms with Gasteiger partial charge in [-0.15, -0.1) is 0 Å². The predicted molar refractivity (Wildman–Crippen MR) is 65.7 cm³/mol. The van der Waals surface area contributed by atoms with E-state index in [0.717, 1.165) is 25.7 Å². The molecule has 0 bridgehead atoms. The van der Waals surface area contributed by atoms with Crippen LogP contribution in [0.5, 0.6) is 0 Å². The van der Waals surface area contributed by atoms with E-state index in [1.165, 1.54) is 19.5 Å². The van der Waals surface area contributed by atoms with Gasteiger partial charge in [-0.25, -0.2) is 0 Å². The highest BCUT2D eigenvalue weighted by molar-refractivity contribution is 4.84. The van der Waals surface area contributed by atoms with Crippen LogP contribution in [0.3, 0.4) is 0 Å². The monoisotopic (exact) mass is 227 g/mol. The maximum atomic E-state index is 5.93. The largest absolute Gasteiger partial charge is 0.371 e. The van der Waals surface area contributed by atoms with Crippen molar-refractivity contribution in [3.8, 4) is 0 Å². The summed E-state index contributed by atoms with van der Waals surface area (Å²) in [5.74, 6) is 0. The molecule has 94 valence electrons. The van der Waals surface area contributed by atoms with Crippen molar-refractivity contribution in [2.75, 3.05) is 46.8 Å². The first kappa shape index (κ1) is 12.3. The minimum atomic E-state index is 0.367. The first-order valence-corrected chi connectivity index (χ1v) is 6.40. The molecule has 2 heterocycles. The fourth-order valence-corrected chi connectivity index (χ4v) is 2.67. The number of nitrogens with one attached hydrogen (secondary N) is 1. The number of morpholine rings is 1. The molecule has 0 aromatic heterocycles. The van der Waals surface area contributed by atoms with Crippen LogP contribution in [0.25, 0.3) is 0 Å². The standard InChI is InChI=1S/C12H25N3O/c1-10-6-13-7-12(16-10)9-15-5-4-11(8-15)14(2)3/h10-13H,4-9H2,1-3H3/t10-,11+,12+/m1/s1. The van der Waals surface area contributed by atoms with E-state index in [-0.39, 0.29) is 0 Å². The fraction of sp³-hybridized carbons (Fsp3) is 1.00. The molecule has 0 aromatic rings. The van der Waals surface area contributed by atoms with E-state index in [1.807, 2.05) is 0 Å². The second-order valence-electron chi connectivity index (χ2n) is 5.39. The normalized spacial score (nSPS) is 37.1. The third kappa shape index (κ3) is 3.17. The smallest absolute Gasteiger partial charge is 0.0830 e. The maximum Gasteiger partial charge on any atom is 0.0830 e. The molecule has 0 amide bonds. The zero-order chi connectivity index (χ0) is 11.5. The summed E-state index contributed by atoms with van der Waals surface area (Å²) in [7, 11) is 4.35. The molecular weight excluding hydrogens is 202 g/mol. The minimum absolute atomic E-state index is 0.367. The van der Waals surface area contributed by atoms with Crippen molar-refractivity contribution in [1.82, 2.24) is 15.1 Å². The van der Waals surface area contributed by atoms with Crippen LogP contribution in [0.2, 0.25) is 0 Å². The van der Waals surface area contributed by atoms with Crippen molar-refractivity contribution in [2.45, 2.75) is 31.6 Å². The molecule has 2 saturated heterocycles. The van der Waals surface area contributed by atoms with Gasteiger partial charge < -0.3 is 15.0 Å². The molecule has 0 aliphatic carbocycles. The molecule has 4 nitrogen and oxygen atoms in total. The number of hydrogen-bond donors (Lipinski definition) is 1. The summed E-state index contributed by atoms with van der Waals surface area (Å²) in [5.41, 5.74) is 0. The molecule has 3 atom stereocenters. The average molecular weight is 227 g/mol. The van der Waals surface area contributed by atoms with Gasteiger partial charge in [-0.2, -0.15) is 0 Å². The molecule has 0 spiro atoms. The Labute approximate surface area is 98.9 Å². The zero-order valence-electron chi connectivity index (χ0n) is 10.8. The Hall–Kier alpha value is -0.160. The lowest BCUT2D eigenvalue weighted by molar-refractivity contribution is -0.0402. The van der Waals surface area contributed by atoms with Gasteiger partial charge in [-0.3, -0.25) is 4.90 Å². The van der Waals surface area contributed by atoms with Crippen molar-refractivity contribution >= 4 is 0 Å². The quantitative estimate of drug-likeness (QED) is 0.734. The van der Waals surface area contributed by atoms with E-state index in [1.54, 1.807) is 0 Å². The van der Waals surface area contributed by atoms with Gasteiger partial charge in [0.1, 0.15) is 0 Å². The van der Waals surface area contributed by atoms with E-state index in [2.05, 4.69) is 36.1 Å². The van der Waals surface area contributed by atoms with Gasteiger partial charge in [0.25, 0.3) is 0 Å². The molecule has 0 aromatic carbocycles. The summed E-state index contributed by atoms with van der Waals surface area (Å²) in [4.78, 5) is 4.87. The number of hydrogen-bond acceptors (Lipinski definition) is 4. The first-order chi connectivity index (χ1) is 7.65. The van der Waals surface area contributed by atoms with E-state index in [9.17, 15) is 0 Å². The van der Waals surface area contributed by atoms with Gasteiger partial charge in [-0.1, -0.05) is 0 Å². The highest BCUT2D eigenvalue weighted by Crippen LogP contribution is 2.15. The Morgan fingerprint density at radius 2 is 2.19 bits per heavy atom. The Morgan fingerprint density at radius 3 is 2.81 bits per heavy atom. The van der Waals surface area contributed by atoms with Gasteiger partial charge in [-0.05, 0) is 34.0 Å². The van der Waals surface area contributed by atoms with Crippen molar-refractivity contribution < 1.29 is 4.74 Å². The minimum Gasteiger partial charge on any atom is -0.371 e. The van der Waals surface area contributed by atoms with Crippen molar-refractivity contribution in [1.29, 1.82) is 0 Å². The summed E-state index contributed by atoms with van der Waals surface area (Å²) < 4.78 is 5.93. The van der Waals surface area contributed by atoms with Gasteiger partial charge >= 0.3 is 0 Å². The number of rotatable bonds is 3. The number of ether oxygens (including phenoxy) is 1. The maximum absolute atomic E-state index is 5.93. The van der Waals surface area contributed by atoms with Crippen LogP contribution in [-0.4, -0.2) is 74.9 Å². The highest BCUT2D eigenvalue weighted by atomic mass is 16.5. The molecule has 2 aliphatic rings. The lowest BCUT2D eigenvalue weighted by Crippen LogP contribution is -2.48. The average Bonchev–Trinajstić information content (AvgIpc) is 2.66. The van der Waals surface area contributed by atoms with Crippen molar-refractivity contribution in [3.63, 3.8) is 0 Å². The Bertz CT molecular complexity index is 222. The van der Waals surface area contributed by atoms with Crippen LogP contribution in [0.4, 0.5) is 0 Å². The Balaban J connectivity index is 1.74. The summed E-state index contributed by atoms with van der Waals surface area (Å²) >= 11 is 0. The van der Waals surface area contributed by atoms with E-state index in [4.69, 9.17) is 4.74 Å². The van der Waals surface area contributed by atoms with E-state index in [0.29, 0.717) is 12.2 Å². The number of likely N-dealkylation sites (N-methyl/N-ethyl adjacent to an activating group) is 1. The molecule has 16 heavy (non-hydrogen) atoms. The van der Waals surface area contributed by atoms with E-state index >= 15 is 0 Å². The molecule has 4 heteroatoms. The van der Waals surface area contributed by atoms with Crippen molar-refractivity contribution in [3.05, 3.63) is 0 Å². The topological polar surface area (TPSA) is 27.7 Å². The van der Waals surface area contributed by atoms with Gasteiger partial charge in [0.2, 0.25) is 0 Å². The summed E-state index contributed by atoms with van der Waals surface area (Å²) in [6.45, 7) is 7.65. The second-order valence-corrected chi connectivity index (χ2v) is 5.39. The summed E-state index contributed by atoms with van der Waals surface area (Å²) in [5, 5.41) is 3.43. The molecule has 0 saturated carbocycles. The number of nitrogens with zero attached hydrogens (tertiary/aromatic N) is 2. The van der Waals surface area contributed by atoms with Crippen LogP contribution >= 0.6 is 0 Å². The Kier molecular flexibility index (Phi) is 4.19. The van der Waals surface area contributed by atoms with Crippen LogP contribution in [0.1, 0.15) is 13.3 Å². The molecule has 0 unspecified atom stereocenters. The van der Waals surface area contributed by atoms with Crippen LogP contribution < -0.4 is 5.32 Å². The fourth-order valence-electron chi connectivity index (χ4n) is 2.67. The first-order valence-electron chi connectivity index (χ1n) is 6.40. The molecule has 2 rings (SSSR count). The highest BCUT2D eigenvalue weighted by Gasteiger charge is 2.27. The van der Waals surface area contributed by atoms with Gasteiger partial charge in [0.15, 0.2) is 0 Å². The lowest BCUT2D eigenvalue weighted by atomic mass is 10.2. The molecule has 1 N–H and O–H groups in total. The third-order valence-electron chi connectivity index (χ3n) is 3.67. The summed E-state index contributed by atoms with van der Waals surface area (Å²) in [6, 6.07) is 0.731. The second kappa shape index (κ2) is 5.45. The van der Waals surface area contributed by atoms with Crippen LogP contribution in [0.15, 0.2) is 0 Å². The zero-order valence-corrected chi connectivity index (χ0v) is 10.8. The molecule has 0 radical (unpaired) electrons. The van der Waals surface area contributed by atoms with Crippen molar-refractivity contribution in [2.24, 2.45) is 0 Å². The van der Waals surface area contributed by atoms with Gasteiger partial charge in [0, 0.05) is 32.2 Å². The Morgan fingerprint density at radius 1 is 1.38 bits per heavy atom.